The average Bonchev–Trinajstić information content (AvgIpc) is 3.90. The Morgan fingerprint density at radius 2 is 1.21 bits per heavy atom. The van der Waals surface area contributed by atoms with Gasteiger partial charge in [0.1, 0.15) is 11.6 Å². The molecule has 0 unspecified atom stereocenters. The van der Waals surface area contributed by atoms with Crippen molar-refractivity contribution in [2.75, 3.05) is 0 Å². The third-order valence-corrected chi connectivity index (χ3v) is 11.4. The van der Waals surface area contributed by atoms with Gasteiger partial charge in [-0.05, 0) is 109 Å². The van der Waals surface area contributed by atoms with Crippen LogP contribution in [0.3, 0.4) is 0 Å². The van der Waals surface area contributed by atoms with Gasteiger partial charge in [-0.25, -0.2) is 9.97 Å². The highest BCUT2D eigenvalue weighted by atomic mass is 15.1. The molecule has 0 aliphatic carbocycles. The third-order valence-electron chi connectivity index (χ3n) is 11.4. The summed E-state index contributed by atoms with van der Waals surface area (Å²) < 4.78 is 4.64. The highest BCUT2D eigenvalue weighted by Crippen LogP contribution is 2.43. The fourth-order valence-corrected chi connectivity index (χ4v) is 9.13. The largest absolute Gasteiger partial charge is 0.354 e. The molecule has 0 atom stereocenters. The van der Waals surface area contributed by atoms with Crippen molar-refractivity contribution < 1.29 is 0 Å². The minimum absolute atomic E-state index is 0.891. The number of para-hydroxylation sites is 4. The van der Waals surface area contributed by atoms with Gasteiger partial charge in [-0.1, -0.05) is 103 Å². The second kappa shape index (κ2) is 12.4. The zero-order valence-electron chi connectivity index (χ0n) is 31.4. The number of aromatic amines is 1. The van der Waals surface area contributed by atoms with Crippen LogP contribution in [0.2, 0.25) is 0 Å². The van der Waals surface area contributed by atoms with Crippen molar-refractivity contribution in [1.29, 1.82) is 0 Å². The molecule has 0 saturated heterocycles. The van der Waals surface area contributed by atoms with Gasteiger partial charge in [0.2, 0.25) is 0 Å². The van der Waals surface area contributed by atoms with E-state index in [-0.39, 0.29) is 0 Å². The number of benzene rings is 7. The molecule has 5 heteroatoms. The Morgan fingerprint density at radius 3 is 2.04 bits per heavy atom. The Hall–Kier alpha value is -7.24. The first-order chi connectivity index (χ1) is 27.5. The Balaban J connectivity index is 1.27. The van der Waals surface area contributed by atoms with Crippen molar-refractivity contribution in [3.05, 3.63) is 181 Å². The smallest absolute Gasteiger partial charge is 0.147 e. The lowest BCUT2D eigenvalue weighted by Gasteiger charge is -2.16. The van der Waals surface area contributed by atoms with Crippen molar-refractivity contribution >= 4 is 54.6 Å². The molecule has 0 aliphatic heterocycles. The van der Waals surface area contributed by atoms with Crippen LogP contribution in [0.25, 0.3) is 99.8 Å². The maximum Gasteiger partial charge on any atom is 0.147 e. The van der Waals surface area contributed by atoms with Crippen LogP contribution >= 0.6 is 0 Å². The zero-order chi connectivity index (χ0) is 37.5. The summed E-state index contributed by atoms with van der Waals surface area (Å²) in [6.45, 7) is 6.63. The molecular weight excluding hydrogens is 683 g/mol. The van der Waals surface area contributed by atoms with Gasteiger partial charge in [0.15, 0.2) is 0 Å². The molecule has 0 radical (unpaired) electrons. The number of aryl methyl sites for hydroxylation is 3. The van der Waals surface area contributed by atoms with Crippen LogP contribution in [0.1, 0.15) is 16.7 Å². The fourth-order valence-electron chi connectivity index (χ4n) is 9.13. The molecule has 0 aliphatic rings. The van der Waals surface area contributed by atoms with Crippen LogP contribution in [0.15, 0.2) is 164 Å². The van der Waals surface area contributed by atoms with E-state index in [2.05, 4.69) is 187 Å². The number of aromatic nitrogens is 5. The van der Waals surface area contributed by atoms with Gasteiger partial charge in [0, 0.05) is 50.1 Å². The van der Waals surface area contributed by atoms with Gasteiger partial charge in [-0.2, -0.15) is 0 Å². The lowest BCUT2D eigenvalue weighted by molar-refractivity contribution is 1.08. The standard InChI is InChI=1S/C51H37N5/c1-31-26-32(2)48(33(3)27-31)35-28-42(34-23-24-39-38-17-8-10-21-44(38)56(45(39)29-34)47-22-11-12-25-52-47)50-46(30-35)55(36-14-5-4-6-15-36)51(54-50)41-19-13-18-40-37-16-7-9-20-43(37)53-49(40)41/h4-30,53H,1-3H3. The SMILES string of the molecule is Cc1cc(C)c(-c2cc(-c3ccc4c5ccccc5n(-c5ccccn5)c4c3)c3nc(-c4cccc5c4[nH]c4ccccc45)n(-c4ccccc4)c3c2)c(C)c1. The van der Waals surface area contributed by atoms with Crippen molar-refractivity contribution in [1.82, 2.24) is 24.1 Å². The van der Waals surface area contributed by atoms with Crippen molar-refractivity contribution in [3.63, 3.8) is 0 Å². The Bertz CT molecular complexity index is 3300. The summed E-state index contributed by atoms with van der Waals surface area (Å²) in [5.74, 6) is 1.78. The van der Waals surface area contributed by atoms with Gasteiger partial charge in [-0.15, -0.1) is 0 Å². The lowest BCUT2D eigenvalue weighted by Crippen LogP contribution is -1.98. The van der Waals surface area contributed by atoms with E-state index >= 15 is 0 Å². The number of nitrogens with one attached hydrogen (secondary N) is 1. The topological polar surface area (TPSA) is 51.4 Å². The van der Waals surface area contributed by atoms with Crippen LogP contribution in [-0.4, -0.2) is 24.1 Å². The molecule has 4 heterocycles. The molecule has 5 nitrogen and oxygen atoms in total. The van der Waals surface area contributed by atoms with E-state index in [0.29, 0.717) is 0 Å². The van der Waals surface area contributed by atoms with Crippen LogP contribution in [0.5, 0.6) is 0 Å². The first-order valence-electron chi connectivity index (χ1n) is 19.2. The molecule has 266 valence electrons. The van der Waals surface area contributed by atoms with Crippen LogP contribution in [-0.2, 0) is 0 Å². The highest BCUT2D eigenvalue weighted by molar-refractivity contribution is 6.13. The maximum absolute atomic E-state index is 5.68. The summed E-state index contributed by atoms with van der Waals surface area (Å²) in [5, 5.41) is 4.78. The van der Waals surface area contributed by atoms with Crippen LogP contribution in [0, 0.1) is 20.8 Å². The highest BCUT2D eigenvalue weighted by Gasteiger charge is 2.23. The number of hydrogen-bond acceptors (Lipinski definition) is 2. The van der Waals surface area contributed by atoms with Gasteiger partial charge in [-0.3, -0.25) is 9.13 Å². The number of fused-ring (bicyclic) bond motifs is 7. The van der Waals surface area contributed by atoms with Gasteiger partial charge < -0.3 is 4.98 Å². The van der Waals surface area contributed by atoms with E-state index in [1.807, 2.05) is 12.3 Å². The van der Waals surface area contributed by atoms with Crippen LogP contribution in [0.4, 0.5) is 0 Å². The average molecular weight is 720 g/mol. The molecule has 0 saturated carbocycles. The maximum atomic E-state index is 5.68. The molecular formula is C51H37N5. The number of imidazole rings is 1. The molecule has 11 rings (SSSR count). The lowest BCUT2D eigenvalue weighted by atomic mass is 9.91. The summed E-state index contributed by atoms with van der Waals surface area (Å²) in [6.07, 6.45) is 1.87. The first kappa shape index (κ1) is 32.2. The second-order valence-electron chi connectivity index (χ2n) is 14.9. The van der Waals surface area contributed by atoms with Gasteiger partial charge in [0.25, 0.3) is 0 Å². The molecule has 4 aromatic heterocycles. The molecule has 0 amide bonds. The van der Waals surface area contributed by atoms with E-state index in [4.69, 9.17) is 9.97 Å². The van der Waals surface area contributed by atoms with Crippen molar-refractivity contribution in [3.8, 4) is 45.1 Å². The normalized spacial score (nSPS) is 11.8. The number of H-pyrrole nitrogens is 1. The summed E-state index contributed by atoms with van der Waals surface area (Å²) in [5.41, 5.74) is 16.9. The monoisotopic (exact) mass is 719 g/mol. The Morgan fingerprint density at radius 1 is 0.500 bits per heavy atom. The van der Waals surface area contributed by atoms with Crippen molar-refractivity contribution in [2.45, 2.75) is 20.8 Å². The summed E-state index contributed by atoms with van der Waals surface area (Å²) >= 11 is 0. The molecule has 1 N–H and O–H groups in total. The zero-order valence-corrected chi connectivity index (χ0v) is 31.4. The predicted molar refractivity (Wildman–Crippen MR) is 233 cm³/mol. The number of pyridine rings is 1. The van der Waals surface area contributed by atoms with Crippen LogP contribution < -0.4 is 0 Å². The molecule has 56 heavy (non-hydrogen) atoms. The quantitative estimate of drug-likeness (QED) is 0.193. The third kappa shape index (κ3) is 4.87. The predicted octanol–water partition coefficient (Wildman–Crippen LogP) is 13.1. The minimum Gasteiger partial charge on any atom is -0.354 e. The Labute approximate surface area is 324 Å². The van der Waals surface area contributed by atoms with E-state index < -0.39 is 0 Å². The van der Waals surface area contributed by atoms with E-state index in [1.165, 1.54) is 49.4 Å². The number of nitrogens with zero attached hydrogens (tertiary/aromatic N) is 4. The molecule has 0 bridgehead atoms. The molecule has 0 fully saturated rings. The number of hydrogen-bond donors (Lipinski definition) is 1. The van der Waals surface area contributed by atoms with E-state index in [0.717, 1.165) is 67.1 Å². The molecule has 0 spiro atoms. The summed E-state index contributed by atoms with van der Waals surface area (Å²) in [6, 6.07) is 56.6. The second-order valence-corrected chi connectivity index (χ2v) is 14.9. The van der Waals surface area contributed by atoms with E-state index in [1.54, 1.807) is 0 Å². The molecule has 7 aromatic carbocycles. The number of rotatable bonds is 5. The summed E-state index contributed by atoms with van der Waals surface area (Å²) in [4.78, 5) is 14.3. The Kier molecular flexibility index (Phi) is 7.13. The molecule has 11 aromatic rings. The van der Waals surface area contributed by atoms with Gasteiger partial charge >= 0.3 is 0 Å². The van der Waals surface area contributed by atoms with E-state index in [9.17, 15) is 0 Å². The van der Waals surface area contributed by atoms with Gasteiger partial charge in [0.05, 0.1) is 27.6 Å². The summed E-state index contributed by atoms with van der Waals surface area (Å²) in [7, 11) is 0. The fraction of sp³-hybridized carbons (Fsp3) is 0.0588. The minimum atomic E-state index is 0.891. The van der Waals surface area contributed by atoms with Crippen molar-refractivity contribution in [2.24, 2.45) is 0 Å². The first-order valence-corrected chi connectivity index (χ1v) is 19.2.